The molecular weight excluding hydrogens is 314 g/mol. The van der Waals surface area contributed by atoms with Gasteiger partial charge in [-0.3, -0.25) is 9.48 Å². The van der Waals surface area contributed by atoms with Gasteiger partial charge in [0.1, 0.15) is 0 Å². The van der Waals surface area contributed by atoms with Crippen LogP contribution in [0.2, 0.25) is 0 Å². The van der Waals surface area contributed by atoms with Crippen LogP contribution >= 0.6 is 11.8 Å². The number of aliphatic hydroxyl groups is 1. The highest BCUT2D eigenvalue weighted by molar-refractivity contribution is 7.98. The van der Waals surface area contributed by atoms with Crippen LogP contribution in [0.1, 0.15) is 35.5 Å². The molecule has 0 fully saturated rings. The van der Waals surface area contributed by atoms with Crippen molar-refractivity contribution in [2.24, 2.45) is 5.73 Å². The molecule has 0 bridgehead atoms. The lowest BCUT2D eigenvalue weighted by Crippen LogP contribution is -2.15. The standard InChI is InChI=1S/C13H15N5O2S.C2H6/c1-21-13-15-6-7-2-3-8-10(12(14)20)17-18(4-5-19)11(8)9(7)16-13;1-2/h6,19H,2-5H2,1H3,(H2,14,20);1-2H3. The van der Waals surface area contributed by atoms with Crippen LogP contribution in [0.5, 0.6) is 0 Å². The number of nitrogens with two attached hydrogens (primary N) is 1. The molecule has 1 aliphatic carbocycles. The Hall–Kier alpha value is -1.93. The number of thioether (sulfide) groups is 1. The third-order valence-corrected chi connectivity index (χ3v) is 4.05. The normalized spacial score (nSPS) is 12.0. The van der Waals surface area contributed by atoms with Gasteiger partial charge in [-0.1, -0.05) is 25.6 Å². The van der Waals surface area contributed by atoms with Crippen molar-refractivity contribution in [1.82, 2.24) is 19.7 Å². The molecular formula is C15H21N5O2S. The first-order valence-corrected chi connectivity index (χ1v) is 8.78. The van der Waals surface area contributed by atoms with Crippen LogP contribution in [0.25, 0.3) is 11.4 Å². The lowest BCUT2D eigenvalue weighted by atomic mass is 9.93. The molecule has 1 aliphatic rings. The Morgan fingerprint density at radius 1 is 1.43 bits per heavy atom. The van der Waals surface area contributed by atoms with Crippen molar-refractivity contribution in [1.29, 1.82) is 0 Å². The Labute approximate surface area is 139 Å². The van der Waals surface area contributed by atoms with Crippen LogP contribution in [0.3, 0.4) is 0 Å². The van der Waals surface area contributed by atoms with E-state index in [-0.39, 0.29) is 12.3 Å². The summed E-state index contributed by atoms with van der Waals surface area (Å²) in [5, 5.41) is 14.1. The Morgan fingerprint density at radius 3 is 2.78 bits per heavy atom. The SMILES string of the molecule is CC.CSc1ncc2c(n1)-c1c(c(C(N)=O)nn1CCO)CC2. The van der Waals surface area contributed by atoms with E-state index in [4.69, 9.17) is 5.73 Å². The number of primary amides is 1. The maximum Gasteiger partial charge on any atom is 0.269 e. The molecule has 0 aromatic carbocycles. The average molecular weight is 335 g/mol. The van der Waals surface area contributed by atoms with E-state index in [2.05, 4.69) is 15.1 Å². The molecule has 0 aliphatic heterocycles. The van der Waals surface area contributed by atoms with Crippen molar-refractivity contribution >= 4 is 17.7 Å². The van der Waals surface area contributed by atoms with Crippen LogP contribution < -0.4 is 5.73 Å². The van der Waals surface area contributed by atoms with Crippen LogP contribution in [-0.2, 0) is 19.4 Å². The number of hydrogen-bond acceptors (Lipinski definition) is 6. The molecule has 23 heavy (non-hydrogen) atoms. The first kappa shape index (κ1) is 17.4. The van der Waals surface area contributed by atoms with Crippen LogP contribution in [0.4, 0.5) is 0 Å². The molecule has 0 unspecified atom stereocenters. The molecule has 2 aromatic heterocycles. The summed E-state index contributed by atoms with van der Waals surface area (Å²) in [4.78, 5) is 20.4. The number of hydrogen-bond donors (Lipinski definition) is 2. The van der Waals surface area contributed by atoms with Gasteiger partial charge in [-0.05, 0) is 24.7 Å². The van der Waals surface area contributed by atoms with E-state index in [1.807, 2.05) is 26.3 Å². The molecule has 8 heteroatoms. The predicted molar refractivity (Wildman–Crippen MR) is 89.4 cm³/mol. The summed E-state index contributed by atoms with van der Waals surface area (Å²) in [5.41, 5.74) is 9.07. The second kappa shape index (κ2) is 7.56. The molecule has 0 radical (unpaired) electrons. The summed E-state index contributed by atoms with van der Waals surface area (Å²) in [5.74, 6) is -0.550. The molecule has 7 nitrogen and oxygen atoms in total. The highest BCUT2D eigenvalue weighted by Gasteiger charge is 2.28. The van der Waals surface area contributed by atoms with Gasteiger partial charge in [0.2, 0.25) is 0 Å². The molecule has 2 aromatic rings. The lowest BCUT2D eigenvalue weighted by molar-refractivity contribution is 0.0993. The van der Waals surface area contributed by atoms with Gasteiger partial charge in [0.25, 0.3) is 5.91 Å². The van der Waals surface area contributed by atoms with Gasteiger partial charge in [0, 0.05) is 11.8 Å². The topological polar surface area (TPSA) is 107 Å². The summed E-state index contributed by atoms with van der Waals surface area (Å²) in [6, 6.07) is 0. The van der Waals surface area contributed by atoms with Gasteiger partial charge in [0.05, 0.1) is 24.5 Å². The summed E-state index contributed by atoms with van der Waals surface area (Å²) in [6.45, 7) is 4.23. The number of aliphatic hydroxyl groups excluding tert-OH is 1. The Bertz CT molecular complexity index is 714. The van der Waals surface area contributed by atoms with E-state index in [0.717, 1.165) is 28.9 Å². The maximum absolute atomic E-state index is 11.6. The van der Waals surface area contributed by atoms with Crippen LogP contribution in [0, 0.1) is 0 Å². The quantitative estimate of drug-likeness (QED) is 0.644. The smallest absolute Gasteiger partial charge is 0.269 e. The lowest BCUT2D eigenvalue weighted by Gasteiger charge is -2.17. The summed E-state index contributed by atoms with van der Waals surface area (Å²) in [6.07, 6.45) is 5.15. The highest BCUT2D eigenvalue weighted by atomic mass is 32.2. The minimum absolute atomic E-state index is 0.0673. The van der Waals surface area contributed by atoms with Crippen LogP contribution in [0.15, 0.2) is 11.4 Å². The first-order valence-electron chi connectivity index (χ1n) is 7.56. The van der Waals surface area contributed by atoms with E-state index in [1.165, 1.54) is 11.8 Å². The summed E-state index contributed by atoms with van der Waals surface area (Å²) in [7, 11) is 0. The second-order valence-corrected chi connectivity index (χ2v) is 5.49. The predicted octanol–water partition coefficient (Wildman–Crippen LogP) is 1.28. The molecule has 2 heterocycles. The van der Waals surface area contributed by atoms with Crippen molar-refractivity contribution in [3.05, 3.63) is 23.0 Å². The van der Waals surface area contributed by atoms with E-state index < -0.39 is 5.91 Å². The number of fused-ring (bicyclic) bond motifs is 3. The first-order chi connectivity index (χ1) is 11.2. The number of nitrogens with zero attached hydrogens (tertiary/aromatic N) is 4. The van der Waals surface area contributed by atoms with Gasteiger partial charge >= 0.3 is 0 Å². The van der Waals surface area contributed by atoms with Gasteiger partial charge in [-0.15, -0.1) is 0 Å². The van der Waals surface area contributed by atoms with Crippen molar-refractivity contribution in [3.63, 3.8) is 0 Å². The zero-order valence-electron chi connectivity index (χ0n) is 13.5. The van der Waals surface area contributed by atoms with Crippen molar-refractivity contribution < 1.29 is 9.90 Å². The minimum atomic E-state index is -0.550. The molecule has 3 N–H and O–H groups in total. The Balaban J connectivity index is 0.000000924. The van der Waals surface area contributed by atoms with Gasteiger partial charge in [-0.2, -0.15) is 5.10 Å². The summed E-state index contributed by atoms with van der Waals surface area (Å²) >= 11 is 1.46. The molecule has 1 amide bonds. The van der Waals surface area contributed by atoms with E-state index in [0.29, 0.717) is 18.1 Å². The van der Waals surface area contributed by atoms with Crippen molar-refractivity contribution in [2.75, 3.05) is 12.9 Å². The molecule has 0 saturated carbocycles. The molecule has 0 saturated heterocycles. The minimum Gasteiger partial charge on any atom is -0.394 e. The summed E-state index contributed by atoms with van der Waals surface area (Å²) < 4.78 is 1.62. The highest BCUT2D eigenvalue weighted by Crippen LogP contribution is 2.34. The zero-order chi connectivity index (χ0) is 17.0. The zero-order valence-corrected chi connectivity index (χ0v) is 14.4. The van der Waals surface area contributed by atoms with Crippen LogP contribution in [-0.4, -0.2) is 43.6 Å². The third kappa shape index (κ3) is 3.23. The number of aromatic nitrogens is 4. The molecule has 0 atom stereocenters. The molecule has 124 valence electrons. The molecule has 0 spiro atoms. The second-order valence-electron chi connectivity index (χ2n) is 4.72. The van der Waals surface area contributed by atoms with E-state index >= 15 is 0 Å². The monoisotopic (exact) mass is 335 g/mol. The average Bonchev–Trinajstić information content (AvgIpc) is 2.96. The number of amides is 1. The maximum atomic E-state index is 11.6. The van der Waals surface area contributed by atoms with Gasteiger partial charge < -0.3 is 10.8 Å². The van der Waals surface area contributed by atoms with Gasteiger partial charge in [-0.25, -0.2) is 9.97 Å². The van der Waals surface area contributed by atoms with Crippen molar-refractivity contribution in [3.8, 4) is 11.4 Å². The fraction of sp³-hybridized carbons (Fsp3) is 0.467. The van der Waals surface area contributed by atoms with Crippen molar-refractivity contribution in [2.45, 2.75) is 38.4 Å². The fourth-order valence-corrected chi connectivity index (χ4v) is 2.93. The number of carbonyl (C=O) groups excluding carboxylic acids is 1. The third-order valence-electron chi connectivity index (χ3n) is 3.49. The van der Waals surface area contributed by atoms with E-state index in [1.54, 1.807) is 4.68 Å². The largest absolute Gasteiger partial charge is 0.394 e. The molecule has 3 rings (SSSR count). The number of rotatable bonds is 4. The fourth-order valence-electron chi connectivity index (χ4n) is 2.59. The van der Waals surface area contributed by atoms with Gasteiger partial charge in [0.15, 0.2) is 10.9 Å². The Kier molecular flexibility index (Phi) is 5.73. The number of aryl methyl sites for hydroxylation is 1. The number of carbonyl (C=O) groups is 1. The van der Waals surface area contributed by atoms with E-state index in [9.17, 15) is 9.90 Å². The Morgan fingerprint density at radius 2 is 2.17 bits per heavy atom.